The second kappa shape index (κ2) is 5.41. The zero-order valence-corrected chi connectivity index (χ0v) is 9.71. The molecule has 1 aromatic carbocycles. The maximum absolute atomic E-state index is 5.83. The van der Waals surface area contributed by atoms with Gasteiger partial charge >= 0.3 is 0 Å². The van der Waals surface area contributed by atoms with Crippen LogP contribution in [0.3, 0.4) is 0 Å². The summed E-state index contributed by atoms with van der Waals surface area (Å²) in [6.45, 7) is 0.504. The molecular formula is C13H15N3O. The van der Waals surface area contributed by atoms with Crippen LogP contribution in [0.1, 0.15) is 17.2 Å². The third-order valence-corrected chi connectivity index (χ3v) is 2.69. The molecule has 0 fully saturated rings. The van der Waals surface area contributed by atoms with Gasteiger partial charge in [-0.2, -0.15) is 0 Å². The van der Waals surface area contributed by atoms with E-state index in [4.69, 9.17) is 10.5 Å². The number of methoxy groups -OCH3 is 1. The largest absolute Gasteiger partial charge is 0.497 e. The first-order chi connectivity index (χ1) is 8.35. The van der Waals surface area contributed by atoms with Gasteiger partial charge in [0, 0.05) is 18.7 Å². The molecule has 0 spiro atoms. The molecule has 0 saturated heterocycles. The lowest BCUT2D eigenvalue weighted by molar-refractivity contribution is 0.414. The second-order valence-corrected chi connectivity index (χ2v) is 3.70. The highest BCUT2D eigenvalue weighted by Crippen LogP contribution is 2.24. The summed E-state index contributed by atoms with van der Waals surface area (Å²) in [6, 6.07) is 9.77. The topological polar surface area (TPSA) is 61.0 Å². The van der Waals surface area contributed by atoms with E-state index in [9.17, 15) is 0 Å². The molecule has 0 amide bonds. The van der Waals surface area contributed by atoms with E-state index >= 15 is 0 Å². The highest BCUT2D eigenvalue weighted by Gasteiger charge is 2.13. The third kappa shape index (κ3) is 2.60. The lowest BCUT2D eigenvalue weighted by Crippen LogP contribution is -2.15. The molecule has 2 aromatic rings. The maximum atomic E-state index is 5.83. The summed E-state index contributed by atoms with van der Waals surface area (Å²) >= 11 is 0. The zero-order chi connectivity index (χ0) is 12.1. The first-order valence-corrected chi connectivity index (χ1v) is 5.45. The Morgan fingerprint density at radius 3 is 2.88 bits per heavy atom. The van der Waals surface area contributed by atoms with Gasteiger partial charge in [0.1, 0.15) is 12.1 Å². The molecule has 4 heteroatoms. The lowest BCUT2D eigenvalue weighted by Gasteiger charge is -2.15. The Hall–Kier alpha value is -1.94. The first kappa shape index (κ1) is 11.5. The molecule has 2 rings (SSSR count). The van der Waals surface area contributed by atoms with Crippen molar-refractivity contribution in [2.75, 3.05) is 13.7 Å². The van der Waals surface area contributed by atoms with E-state index in [1.54, 1.807) is 13.3 Å². The van der Waals surface area contributed by atoms with Gasteiger partial charge in [0.2, 0.25) is 0 Å². The Bertz CT molecular complexity index is 473. The van der Waals surface area contributed by atoms with Crippen molar-refractivity contribution in [2.45, 2.75) is 5.92 Å². The Morgan fingerprint density at radius 1 is 1.35 bits per heavy atom. The summed E-state index contributed by atoms with van der Waals surface area (Å²) in [6.07, 6.45) is 3.27. The van der Waals surface area contributed by atoms with Gasteiger partial charge in [0.05, 0.1) is 12.8 Å². The van der Waals surface area contributed by atoms with Crippen molar-refractivity contribution in [3.63, 3.8) is 0 Å². The first-order valence-electron chi connectivity index (χ1n) is 5.45. The fraction of sp³-hybridized carbons (Fsp3) is 0.231. The van der Waals surface area contributed by atoms with E-state index in [0.717, 1.165) is 17.0 Å². The van der Waals surface area contributed by atoms with E-state index in [2.05, 4.69) is 9.97 Å². The van der Waals surface area contributed by atoms with Crippen LogP contribution in [-0.4, -0.2) is 23.6 Å². The number of hydrogen-bond donors (Lipinski definition) is 1. The van der Waals surface area contributed by atoms with Crippen molar-refractivity contribution in [3.8, 4) is 5.75 Å². The average molecular weight is 229 g/mol. The number of rotatable bonds is 4. The minimum atomic E-state index is 0.0769. The molecular weight excluding hydrogens is 214 g/mol. The fourth-order valence-electron chi connectivity index (χ4n) is 1.79. The standard InChI is InChI=1S/C13H15N3O/c1-17-11-4-2-3-10(7-11)12(8-14)13-5-6-15-9-16-13/h2-7,9,12H,8,14H2,1H3. The van der Waals surface area contributed by atoms with Crippen LogP contribution < -0.4 is 10.5 Å². The predicted molar refractivity (Wildman–Crippen MR) is 65.9 cm³/mol. The summed E-state index contributed by atoms with van der Waals surface area (Å²) in [7, 11) is 1.65. The number of aromatic nitrogens is 2. The van der Waals surface area contributed by atoms with Crippen molar-refractivity contribution >= 4 is 0 Å². The van der Waals surface area contributed by atoms with Crippen LogP contribution in [0.15, 0.2) is 42.9 Å². The van der Waals surface area contributed by atoms with E-state index in [1.807, 2.05) is 30.3 Å². The average Bonchev–Trinajstić information content (AvgIpc) is 2.41. The normalized spacial score (nSPS) is 12.1. The van der Waals surface area contributed by atoms with Crippen LogP contribution in [-0.2, 0) is 0 Å². The van der Waals surface area contributed by atoms with Crippen molar-refractivity contribution < 1.29 is 4.74 Å². The molecule has 0 aliphatic carbocycles. The van der Waals surface area contributed by atoms with Crippen LogP contribution >= 0.6 is 0 Å². The van der Waals surface area contributed by atoms with Crippen molar-refractivity contribution in [3.05, 3.63) is 54.1 Å². The van der Waals surface area contributed by atoms with Gasteiger partial charge in [-0.1, -0.05) is 12.1 Å². The number of benzene rings is 1. The van der Waals surface area contributed by atoms with Gasteiger partial charge in [0.25, 0.3) is 0 Å². The van der Waals surface area contributed by atoms with Gasteiger partial charge in [-0.15, -0.1) is 0 Å². The van der Waals surface area contributed by atoms with Crippen molar-refractivity contribution in [2.24, 2.45) is 5.73 Å². The van der Waals surface area contributed by atoms with E-state index in [-0.39, 0.29) is 5.92 Å². The molecule has 17 heavy (non-hydrogen) atoms. The molecule has 0 radical (unpaired) electrons. The number of ether oxygens (including phenoxy) is 1. The van der Waals surface area contributed by atoms with Gasteiger partial charge < -0.3 is 10.5 Å². The van der Waals surface area contributed by atoms with E-state index in [0.29, 0.717) is 6.54 Å². The third-order valence-electron chi connectivity index (χ3n) is 2.69. The summed E-state index contributed by atoms with van der Waals surface area (Å²) in [5, 5.41) is 0. The van der Waals surface area contributed by atoms with Crippen LogP contribution in [0.2, 0.25) is 0 Å². The van der Waals surface area contributed by atoms with Gasteiger partial charge in [0.15, 0.2) is 0 Å². The minimum absolute atomic E-state index is 0.0769. The zero-order valence-electron chi connectivity index (χ0n) is 9.71. The molecule has 1 aromatic heterocycles. The molecule has 1 heterocycles. The molecule has 1 atom stereocenters. The predicted octanol–water partition coefficient (Wildman–Crippen LogP) is 1.58. The molecule has 0 aliphatic rings. The highest BCUT2D eigenvalue weighted by atomic mass is 16.5. The highest BCUT2D eigenvalue weighted by molar-refractivity contribution is 5.35. The van der Waals surface area contributed by atoms with Crippen LogP contribution in [0.25, 0.3) is 0 Å². The number of nitrogens with two attached hydrogens (primary N) is 1. The van der Waals surface area contributed by atoms with Crippen LogP contribution in [0, 0.1) is 0 Å². The Morgan fingerprint density at radius 2 is 2.24 bits per heavy atom. The molecule has 1 unspecified atom stereocenters. The molecule has 88 valence electrons. The summed E-state index contributed by atoms with van der Waals surface area (Å²) in [4.78, 5) is 8.16. The summed E-state index contributed by atoms with van der Waals surface area (Å²) in [5.74, 6) is 0.906. The van der Waals surface area contributed by atoms with Crippen LogP contribution in [0.4, 0.5) is 0 Å². The Kier molecular flexibility index (Phi) is 3.67. The summed E-state index contributed by atoms with van der Waals surface area (Å²) < 4.78 is 5.21. The Labute approximate surface area is 100 Å². The maximum Gasteiger partial charge on any atom is 0.119 e. The fourth-order valence-corrected chi connectivity index (χ4v) is 1.79. The quantitative estimate of drug-likeness (QED) is 0.864. The van der Waals surface area contributed by atoms with Crippen molar-refractivity contribution in [1.82, 2.24) is 9.97 Å². The van der Waals surface area contributed by atoms with E-state index < -0.39 is 0 Å². The Balaban J connectivity index is 2.35. The lowest BCUT2D eigenvalue weighted by atomic mass is 9.95. The summed E-state index contributed by atoms with van der Waals surface area (Å²) in [5.41, 5.74) is 7.86. The molecule has 0 saturated carbocycles. The molecule has 4 nitrogen and oxygen atoms in total. The SMILES string of the molecule is COc1cccc(C(CN)c2ccncn2)c1. The van der Waals surface area contributed by atoms with Crippen molar-refractivity contribution in [1.29, 1.82) is 0 Å². The smallest absolute Gasteiger partial charge is 0.119 e. The number of nitrogens with zero attached hydrogens (tertiary/aromatic N) is 2. The molecule has 0 bridgehead atoms. The van der Waals surface area contributed by atoms with Gasteiger partial charge in [-0.25, -0.2) is 9.97 Å². The van der Waals surface area contributed by atoms with Gasteiger partial charge in [-0.05, 0) is 23.8 Å². The monoisotopic (exact) mass is 229 g/mol. The molecule has 2 N–H and O–H groups in total. The minimum Gasteiger partial charge on any atom is -0.497 e. The van der Waals surface area contributed by atoms with E-state index in [1.165, 1.54) is 6.33 Å². The molecule has 0 aliphatic heterocycles. The second-order valence-electron chi connectivity index (χ2n) is 3.70. The van der Waals surface area contributed by atoms with Crippen LogP contribution in [0.5, 0.6) is 5.75 Å². The van der Waals surface area contributed by atoms with Gasteiger partial charge in [-0.3, -0.25) is 0 Å². The number of hydrogen-bond acceptors (Lipinski definition) is 4.